The predicted molar refractivity (Wildman–Crippen MR) is 104 cm³/mol. The van der Waals surface area contributed by atoms with Crippen LogP contribution in [0.25, 0.3) is 0 Å². The summed E-state index contributed by atoms with van der Waals surface area (Å²) >= 11 is 0. The maximum atomic E-state index is 13.4. The van der Waals surface area contributed by atoms with Crippen LogP contribution in [0.1, 0.15) is 36.4 Å². The Labute approximate surface area is 167 Å². The van der Waals surface area contributed by atoms with Crippen LogP contribution in [-0.4, -0.2) is 41.0 Å². The highest BCUT2D eigenvalue weighted by Gasteiger charge is 2.36. The van der Waals surface area contributed by atoms with Gasteiger partial charge in [-0.1, -0.05) is 24.3 Å². The molecule has 2 amide bonds. The first-order valence-electron chi connectivity index (χ1n) is 9.58. The number of halogens is 2. The molecule has 0 aromatic heterocycles. The molecule has 0 saturated heterocycles. The fourth-order valence-corrected chi connectivity index (χ4v) is 3.50. The zero-order chi connectivity index (χ0) is 20.5. The fraction of sp³-hybridized carbons (Fsp3) is 0.318. The van der Waals surface area contributed by atoms with Crippen molar-refractivity contribution in [3.05, 3.63) is 71.3 Å². The third-order valence-corrected chi connectivity index (χ3v) is 5.27. The first-order valence-corrected chi connectivity index (χ1v) is 9.58. The van der Waals surface area contributed by atoms with E-state index < -0.39 is 6.04 Å². The molecule has 7 heteroatoms. The van der Waals surface area contributed by atoms with Gasteiger partial charge in [0, 0.05) is 19.4 Å². The van der Waals surface area contributed by atoms with Crippen molar-refractivity contribution in [2.45, 2.75) is 25.3 Å². The number of hydrogen-bond acceptors (Lipinski definition) is 3. The number of benzene rings is 2. The Hall–Kier alpha value is -3.09. The van der Waals surface area contributed by atoms with E-state index in [4.69, 9.17) is 0 Å². The molecule has 4 rings (SSSR count). The van der Waals surface area contributed by atoms with Gasteiger partial charge in [-0.15, -0.1) is 0 Å². The van der Waals surface area contributed by atoms with Crippen LogP contribution in [-0.2, 0) is 9.59 Å². The monoisotopic (exact) mass is 397 g/mol. The Bertz CT molecular complexity index is 953. The third-order valence-electron chi connectivity index (χ3n) is 5.27. The van der Waals surface area contributed by atoms with Crippen molar-refractivity contribution in [2.75, 3.05) is 13.6 Å². The first-order chi connectivity index (χ1) is 13.9. The molecule has 1 saturated carbocycles. The van der Waals surface area contributed by atoms with Crippen molar-refractivity contribution in [3.63, 3.8) is 0 Å². The van der Waals surface area contributed by atoms with Crippen molar-refractivity contribution in [1.29, 1.82) is 0 Å². The molecule has 2 aromatic carbocycles. The van der Waals surface area contributed by atoms with Crippen LogP contribution in [0.5, 0.6) is 0 Å². The summed E-state index contributed by atoms with van der Waals surface area (Å²) in [6.07, 6.45) is 2.15. The zero-order valence-corrected chi connectivity index (χ0v) is 16.0. The standard InChI is InChI=1S/C22H21F2N3O2/c1-26(22(29)16-2-3-16)13-21(28)27-20(15-6-10-18(24)11-7-15)12-19(25-27)14-4-8-17(23)9-5-14/h4-11,16,20H,2-3,12-13H2,1H3. The molecule has 0 radical (unpaired) electrons. The first kappa shape index (κ1) is 19.2. The highest BCUT2D eigenvalue weighted by Crippen LogP contribution is 2.34. The topological polar surface area (TPSA) is 53.0 Å². The minimum absolute atomic E-state index is 0.0255. The minimum atomic E-state index is -0.410. The maximum Gasteiger partial charge on any atom is 0.262 e. The molecule has 0 bridgehead atoms. The molecular weight excluding hydrogens is 376 g/mol. The van der Waals surface area contributed by atoms with Crippen LogP contribution < -0.4 is 0 Å². The van der Waals surface area contributed by atoms with E-state index in [9.17, 15) is 18.4 Å². The number of hydrazone groups is 1. The van der Waals surface area contributed by atoms with Crippen LogP contribution >= 0.6 is 0 Å². The number of likely N-dealkylation sites (N-methyl/N-ethyl adjacent to an activating group) is 1. The average Bonchev–Trinajstić information content (AvgIpc) is 3.47. The molecule has 1 unspecified atom stereocenters. The summed E-state index contributed by atoms with van der Waals surface area (Å²) in [6.45, 7) is -0.0762. The van der Waals surface area contributed by atoms with E-state index in [0.29, 0.717) is 12.1 Å². The van der Waals surface area contributed by atoms with Crippen molar-refractivity contribution in [2.24, 2.45) is 11.0 Å². The van der Waals surface area contributed by atoms with Gasteiger partial charge in [-0.2, -0.15) is 5.10 Å². The zero-order valence-electron chi connectivity index (χ0n) is 16.0. The second kappa shape index (κ2) is 7.73. The van der Waals surface area contributed by atoms with Crippen molar-refractivity contribution in [1.82, 2.24) is 9.91 Å². The average molecular weight is 397 g/mol. The summed E-state index contributed by atoms with van der Waals surface area (Å²) in [5.41, 5.74) is 2.11. The van der Waals surface area contributed by atoms with Crippen molar-refractivity contribution < 1.29 is 18.4 Å². The molecule has 1 aliphatic heterocycles. The lowest BCUT2D eigenvalue weighted by molar-refractivity contribution is -0.141. The molecule has 0 spiro atoms. The van der Waals surface area contributed by atoms with E-state index in [0.717, 1.165) is 24.0 Å². The Balaban J connectivity index is 1.59. The van der Waals surface area contributed by atoms with E-state index in [-0.39, 0.29) is 35.9 Å². The maximum absolute atomic E-state index is 13.4. The summed E-state index contributed by atoms with van der Waals surface area (Å²) in [5, 5.41) is 5.85. The number of carbonyl (C=O) groups excluding carboxylic acids is 2. The van der Waals surface area contributed by atoms with Crippen LogP contribution in [0.3, 0.4) is 0 Å². The summed E-state index contributed by atoms with van der Waals surface area (Å²) in [7, 11) is 1.62. The molecule has 1 fully saturated rings. The molecule has 0 N–H and O–H groups in total. The second-order valence-corrected chi connectivity index (χ2v) is 7.53. The van der Waals surface area contributed by atoms with E-state index >= 15 is 0 Å². The Morgan fingerprint density at radius 1 is 1.03 bits per heavy atom. The van der Waals surface area contributed by atoms with E-state index in [1.807, 2.05) is 0 Å². The smallest absolute Gasteiger partial charge is 0.262 e. The van der Waals surface area contributed by atoms with E-state index in [1.54, 1.807) is 31.3 Å². The Kier molecular flexibility index (Phi) is 5.13. The number of amides is 2. The summed E-state index contributed by atoms with van der Waals surface area (Å²) in [5.74, 6) is -1.03. The van der Waals surface area contributed by atoms with Crippen molar-refractivity contribution >= 4 is 17.5 Å². The molecule has 150 valence electrons. The molecular formula is C22H21F2N3O2. The minimum Gasteiger partial charge on any atom is -0.336 e. The fourth-order valence-electron chi connectivity index (χ4n) is 3.50. The predicted octanol–water partition coefficient (Wildman–Crippen LogP) is 3.51. The second-order valence-electron chi connectivity index (χ2n) is 7.53. The van der Waals surface area contributed by atoms with Gasteiger partial charge in [0.25, 0.3) is 5.91 Å². The Morgan fingerprint density at radius 3 is 2.21 bits per heavy atom. The lowest BCUT2D eigenvalue weighted by Crippen LogP contribution is -2.39. The third kappa shape index (κ3) is 4.18. The molecule has 2 aliphatic rings. The number of carbonyl (C=O) groups is 2. The highest BCUT2D eigenvalue weighted by molar-refractivity contribution is 6.03. The summed E-state index contributed by atoms with van der Waals surface area (Å²) in [4.78, 5) is 26.6. The Morgan fingerprint density at radius 2 is 1.62 bits per heavy atom. The molecule has 1 aliphatic carbocycles. The normalized spacial score (nSPS) is 18.5. The highest BCUT2D eigenvalue weighted by atomic mass is 19.1. The number of rotatable bonds is 5. The van der Waals surface area contributed by atoms with Crippen LogP contribution in [0.2, 0.25) is 0 Å². The summed E-state index contributed by atoms with van der Waals surface area (Å²) in [6, 6.07) is 11.5. The summed E-state index contributed by atoms with van der Waals surface area (Å²) < 4.78 is 26.6. The van der Waals surface area contributed by atoms with Crippen LogP contribution in [0.15, 0.2) is 53.6 Å². The molecule has 29 heavy (non-hydrogen) atoms. The van der Waals surface area contributed by atoms with Gasteiger partial charge in [0.15, 0.2) is 0 Å². The van der Waals surface area contributed by atoms with E-state index in [1.165, 1.54) is 34.2 Å². The van der Waals surface area contributed by atoms with Gasteiger partial charge >= 0.3 is 0 Å². The molecule has 2 aromatic rings. The van der Waals surface area contributed by atoms with Gasteiger partial charge in [0.1, 0.15) is 18.2 Å². The quantitative estimate of drug-likeness (QED) is 0.775. The lowest BCUT2D eigenvalue weighted by Gasteiger charge is -2.25. The number of nitrogens with zero attached hydrogens (tertiary/aromatic N) is 3. The molecule has 1 atom stereocenters. The van der Waals surface area contributed by atoms with E-state index in [2.05, 4.69) is 5.10 Å². The van der Waals surface area contributed by atoms with Gasteiger partial charge in [-0.25, -0.2) is 13.8 Å². The van der Waals surface area contributed by atoms with Crippen LogP contribution in [0, 0.1) is 17.6 Å². The van der Waals surface area contributed by atoms with Crippen LogP contribution in [0.4, 0.5) is 8.78 Å². The lowest BCUT2D eigenvalue weighted by atomic mass is 9.98. The van der Waals surface area contributed by atoms with Gasteiger partial charge in [0.2, 0.25) is 5.91 Å². The molecule has 5 nitrogen and oxygen atoms in total. The largest absolute Gasteiger partial charge is 0.336 e. The van der Waals surface area contributed by atoms with Gasteiger partial charge in [-0.05, 0) is 48.2 Å². The van der Waals surface area contributed by atoms with Gasteiger partial charge < -0.3 is 4.90 Å². The van der Waals surface area contributed by atoms with Crippen molar-refractivity contribution in [3.8, 4) is 0 Å². The molecule has 1 heterocycles. The van der Waals surface area contributed by atoms with Gasteiger partial charge in [-0.3, -0.25) is 9.59 Å². The van der Waals surface area contributed by atoms with Gasteiger partial charge in [0.05, 0.1) is 11.8 Å². The number of hydrogen-bond donors (Lipinski definition) is 0. The SMILES string of the molecule is CN(CC(=O)N1N=C(c2ccc(F)cc2)CC1c1ccc(F)cc1)C(=O)C1CC1.